The molecule has 1 aromatic heterocycles. The van der Waals surface area contributed by atoms with Crippen molar-refractivity contribution >= 4 is 0 Å². The summed E-state index contributed by atoms with van der Waals surface area (Å²) in [5, 5.41) is 6.77. The number of halogens is 1. The first kappa shape index (κ1) is 10.8. The van der Waals surface area contributed by atoms with Gasteiger partial charge in [0.1, 0.15) is 11.6 Å². The maximum atomic E-state index is 13.4. The Kier molecular flexibility index (Phi) is 3.31. The molecule has 1 N–H and O–H groups in total. The normalized spacial score (nSPS) is 12.6. The van der Waals surface area contributed by atoms with E-state index in [-0.39, 0.29) is 11.9 Å². The second-order valence-corrected chi connectivity index (χ2v) is 3.60. The molecule has 1 heterocycles. The Bertz CT molecular complexity index is 442. The summed E-state index contributed by atoms with van der Waals surface area (Å²) in [4.78, 5) is 0. The van der Waals surface area contributed by atoms with Crippen molar-refractivity contribution in [3.63, 3.8) is 0 Å². The van der Waals surface area contributed by atoms with Crippen LogP contribution in [0, 0.1) is 5.82 Å². The molecule has 3 nitrogen and oxygen atoms in total. The third-order valence-electron chi connectivity index (χ3n) is 2.45. The quantitative estimate of drug-likeness (QED) is 0.860. The van der Waals surface area contributed by atoms with Crippen LogP contribution in [0.4, 0.5) is 4.39 Å². The Labute approximate surface area is 93.3 Å². The summed E-state index contributed by atoms with van der Waals surface area (Å²) in [6.07, 6.45) is 1.59. The van der Waals surface area contributed by atoms with Gasteiger partial charge < -0.3 is 9.84 Å². The molecule has 1 unspecified atom stereocenters. The minimum Gasteiger partial charge on any atom is -0.360 e. The highest BCUT2D eigenvalue weighted by atomic mass is 19.1. The zero-order chi connectivity index (χ0) is 11.4. The molecule has 84 valence electrons. The maximum Gasteiger partial charge on any atom is 0.150 e. The first-order valence-electron chi connectivity index (χ1n) is 5.15. The van der Waals surface area contributed by atoms with Crippen molar-refractivity contribution in [3.05, 3.63) is 53.7 Å². The van der Waals surface area contributed by atoms with E-state index >= 15 is 0 Å². The zero-order valence-electron chi connectivity index (χ0n) is 8.98. The Morgan fingerprint density at radius 1 is 1.38 bits per heavy atom. The van der Waals surface area contributed by atoms with E-state index < -0.39 is 0 Å². The molecule has 0 aliphatic heterocycles. The number of hydrogen-bond donors (Lipinski definition) is 1. The van der Waals surface area contributed by atoms with Gasteiger partial charge in [-0.25, -0.2) is 4.39 Å². The molecule has 1 aromatic carbocycles. The van der Waals surface area contributed by atoms with E-state index in [0.717, 1.165) is 5.76 Å². The number of hydrogen-bond acceptors (Lipinski definition) is 3. The van der Waals surface area contributed by atoms with Crippen LogP contribution in [0.2, 0.25) is 0 Å². The standard InChI is InChI=1S/C12H13FN2O/c1-9(11-4-2-3-5-12(11)13)14-8-10-6-7-15-16-10/h2-7,9,14H,8H2,1H3. The highest BCUT2D eigenvalue weighted by Crippen LogP contribution is 2.16. The number of aromatic nitrogens is 1. The Balaban J connectivity index is 1.98. The summed E-state index contributed by atoms with van der Waals surface area (Å²) in [6, 6.07) is 8.45. The van der Waals surface area contributed by atoms with Gasteiger partial charge in [0, 0.05) is 17.7 Å². The summed E-state index contributed by atoms with van der Waals surface area (Å²) < 4.78 is 18.4. The van der Waals surface area contributed by atoms with Crippen LogP contribution in [0.1, 0.15) is 24.3 Å². The van der Waals surface area contributed by atoms with Crippen LogP contribution in [-0.4, -0.2) is 5.16 Å². The van der Waals surface area contributed by atoms with E-state index in [1.165, 1.54) is 6.07 Å². The number of rotatable bonds is 4. The minimum absolute atomic E-state index is 0.0636. The summed E-state index contributed by atoms with van der Waals surface area (Å²) in [5.41, 5.74) is 0.655. The third-order valence-corrected chi connectivity index (χ3v) is 2.45. The first-order valence-corrected chi connectivity index (χ1v) is 5.15. The van der Waals surface area contributed by atoms with Gasteiger partial charge in [0.2, 0.25) is 0 Å². The lowest BCUT2D eigenvalue weighted by atomic mass is 10.1. The highest BCUT2D eigenvalue weighted by molar-refractivity contribution is 5.20. The molecule has 4 heteroatoms. The van der Waals surface area contributed by atoms with Gasteiger partial charge in [-0.15, -0.1) is 0 Å². The molecular formula is C12H13FN2O. The van der Waals surface area contributed by atoms with Crippen molar-refractivity contribution in [1.82, 2.24) is 10.5 Å². The van der Waals surface area contributed by atoms with Gasteiger partial charge in [-0.05, 0) is 13.0 Å². The van der Waals surface area contributed by atoms with Crippen molar-refractivity contribution in [2.24, 2.45) is 0 Å². The molecule has 0 aliphatic carbocycles. The monoisotopic (exact) mass is 220 g/mol. The largest absolute Gasteiger partial charge is 0.360 e. The van der Waals surface area contributed by atoms with Gasteiger partial charge in [-0.2, -0.15) is 0 Å². The molecule has 0 saturated heterocycles. The third kappa shape index (κ3) is 2.46. The van der Waals surface area contributed by atoms with Gasteiger partial charge in [0.25, 0.3) is 0 Å². The Hall–Kier alpha value is -1.68. The van der Waals surface area contributed by atoms with Gasteiger partial charge in [0.05, 0.1) is 12.7 Å². The van der Waals surface area contributed by atoms with Crippen molar-refractivity contribution in [1.29, 1.82) is 0 Å². The van der Waals surface area contributed by atoms with Gasteiger partial charge in [-0.1, -0.05) is 23.4 Å². The average molecular weight is 220 g/mol. The fourth-order valence-electron chi connectivity index (χ4n) is 1.52. The maximum absolute atomic E-state index is 13.4. The second kappa shape index (κ2) is 4.90. The van der Waals surface area contributed by atoms with Crippen LogP contribution in [0.15, 0.2) is 41.1 Å². The average Bonchev–Trinajstić information content (AvgIpc) is 2.79. The lowest BCUT2D eigenvalue weighted by Gasteiger charge is -2.13. The van der Waals surface area contributed by atoms with Crippen molar-refractivity contribution in [2.45, 2.75) is 19.5 Å². The molecule has 0 saturated carbocycles. The van der Waals surface area contributed by atoms with Crippen molar-refractivity contribution in [3.8, 4) is 0 Å². The molecule has 0 amide bonds. The van der Waals surface area contributed by atoms with Crippen molar-refractivity contribution < 1.29 is 8.91 Å². The lowest BCUT2D eigenvalue weighted by Crippen LogP contribution is -2.18. The predicted octanol–water partition coefficient (Wildman–Crippen LogP) is 2.66. The molecule has 0 radical (unpaired) electrons. The molecule has 0 bridgehead atoms. The zero-order valence-corrected chi connectivity index (χ0v) is 8.98. The van der Waals surface area contributed by atoms with Crippen LogP contribution >= 0.6 is 0 Å². The molecule has 16 heavy (non-hydrogen) atoms. The lowest BCUT2D eigenvalue weighted by molar-refractivity contribution is 0.365. The second-order valence-electron chi connectivity index (χ2n) is 3.60. The van der Waals surface area contributed by atoms with E-state index in [0.29, 0.717) is 12.1 Å². The Morgan fingerprint density at radius 2 is 2.19 bits per heavy atom. The SMILES string of the molecule is CC(NCc1ccno1)c1ccccc1F. The first-order chi connectivity index (χ1) is 7.77. The van der Waals surface area contributed by atoms with E-state index in [1.54, 1.807) is 24.4 Å². The molecule has 0 fully saturated rings. The summed E-state index contributed by atoms with van der Waals surface area (Å²) in [5.74, 6) is 0.545. The van der Waals surface area contributed by atoms with E-state index in [4.69, 9.17) is 4.52 Å². The molecule has 0 aliphatic rings. The van der Waals surface area contributed by atoms with E-state index in [9.17, 15) is 4.39 Å². The summed E-state index contributed by atoms with van der Waals surface area (Å²) in [6.45, 7) is 2.45. The fraction of sp³-hybridized carbons (Fsp3) is 0.250. The van der Waals surface area contributed by atoms with Gasteiger partial charge in [-0.3, -0.25) is 0 Å². The van der Waals surface area contributed by atoms with Gasteiger partial charge >= 0.3 is 0 Å². The molecule has 1 atom stereocenters. The molecular weight excluding hydrogens is 207 g/mol. The Morgan fingerprint density at radius 3 is 2.88 bits per heavy atom. The highest BCUT2D eigenvalue weighted by Gasteiger charge is 2.09. The van der Waals surface area contributed by atoms with Crippen LogP contribution < -0.4 is 5.32 Å². The fourth-order valence-corrected chi connectivity index (χ4v) is 1.52. The van der Waals surface area contributed by atoms with Crippen LogP contribution in [0.5, 0.6) is 0 Å². The number of nitrogens with zero attached hydrogens (tertiary/aromatic N) is 1. The number of benzene rings is 1. The molecule has 2 rings (SSSR count). The number of nitrogens with one attached hydrogen (secondary N) is 1. The summed E-state index contributed by atoms with van der Waals surface area (Å²) in [7, 11) is 0. The van der Waals surface area contributed by atoms with Crippen molar-refractivity contribution in [2.75, 3.05) is 0 Å². The molecule has 2 aromatic rings. The minimum atomic E-state index is -0.194. The topological polar surface area (TPSA) is 38.1 Å². The van der Waals surface area contributed by atoms with Crippen LogP contribution in [0.3, 0.4) is 0 Å². The van der Waals surface area contributed by atoms with Gasteiger partial charge in [0.15, 0.2) is 0 Å². The predicted molar refractivity (Wildman–Crippen MR) is 58.2 cm³/mol. The van der Waals surface area contributed by atoms with Crippen LogP contribution in [-0.2, 0) is 6.54 Å². The van der Waals surface area contributed by atoms with Crippen LogP contribution in [0.25, 0.3) is 0 Å². The van der Waals surface area contributed by atoms with E-state index in [1.807, 2.05) is 13.0 Å². The molecule has 0 spiro atoms. The smallest absolute Gasteiger partial charge is 0.150 e. The van der Waals surface area contributed by atoms with E-state index in [2.05, 4.69) is 10.5 Å². The summed E-state index contributed by atoms with van der Waals surface area (Å²) >= 11 is 0.